The van der Waals surface area contributed by atoms with Crippen LogP contribution in [0.1, 0.15) is 117 Å². The highest BCUT2D eigenvalue weighted by atomic mass is 16.6. The van der Waals surface area contributed by atoms with Crippen LogP contribution < -0.4 is 15.4 Å². The van der Waals surface area contributed by atoms with Gasteiger partial charge in [0, 0.05) is 77.9 Å². The average molecular weight is 1140 g/mol. The summed E-state index contributed by atoms with van der Waals surface area (Å²) in [7, 11) is 3.31. The van der Waals surface area contributed by atoms with Crippen molar-refractivity contribution in [1.82, 2.24) is 35.3 Å². The van der Waals surface area contributed by atoms with Crippen LogP contribution in [0.2, 0.25) is 0 Å². The Hall–Kier alpha value is -6.57. The van der Waals surface area contributed by atoms with E-state index < -0.39 is 28.3 Å². The van der Waals surface area contributed by atoms with E-state index in [9.17, 15) is 29.7 Å². The molecule has 0 fully saturated rings. The zero-order valence-corrected chi connectivity index (χ0v) is 48.2. The van der Waals surface area contributed by atoms with E-state index in [1.54, 1.807) is 47.8 Å². The van der Waals surface area contributed by atoms with E-state index in [0.29, 0.717) is 126 Å². The van der Waals surface area contributed by atoms with Crippen molar-refractivity contribution < 1.29 is 72.3 Å². The van der Waals surface area contributed by atoms with Gasteiger partial charge in [-0.25, -0.2) is 9.48 Å². The molecule has 0 saturated heterocycles. The number of aromatic nitrogens is 6. The number of unbranched alkanes of at least 4 members (excludes halogenated alkanes) is 2. The number of carbonyl (C=O) groups excluding carboxylic acids is 3. The van der Waals surface area contributed by atoms with E-state index in [1.165, 1.54) is 30.3 Å². The van der Waals surface area contributed by atoms with Gasteiger partial charge in [0.25, 0.3) is 0 Å². The van der Waals surface area contributed by atoms with E-state index in [1.807, 2.05) is 12.4 Å². The number of aliphatic hydroxyl groups excluding tert-OH is 1. The number of carbonyl (C=O) groups is 3. The molecule has 2 atom stereocenters. The Balaban J connectivity index is 0.824. The molecule has 2 amide bonds. The summed E-state index contributed by atoms with van der Waals surface area (Å²) in [6.07, 6.45) is 9.06. The first-order chi connectivity index (χ1) is 39.7. The summed E-state index contributed by atoms with van der Waals surface area (Å²) < 4.78 is 57.5. The monoisotopic (exact) mass is 1140 g/mol. The molecule has 2 aromatic heterocycles. The normalized spacial score (nSPS) is 14.8. The lowest BCUT2D eigenvalue weighted by atomic mass is 9.77. The number of aryl methyl sites for hydroxylation is 1. The first-order valence-electron chi connectivity index (χ1n) is 28.2. The van der Waals surface area contributed by atoms with Gasteiger partial charge in [-0.2, -0.15) is 0 Å². The van der Waals surface area contributed by atoms with Crippen LogP contribution in [0.3, 0.4) is 0 Å². The van der Waals surface area contributed by atoms with Crippen molar-refractivity contribution >= 4 is 23.5 Å². The molecule has 0 radical (unpaired) electrons. The smallest absolute Gasteiger partial charge is 0.340 e. The minimum absolute atomic E-state index is 0.0439. The molecule has 5 N–H and O–H groups in total. The number of esters is 1. The third-order valence-corrected chi connectivity index (χ3v) is 15.6. The zero-order valence-electron chi connectivity index (χ0n) is 48.2. The van der Waals surface area contributed by atoms with Gasteiger partial charge in [-0.05, 0) is 74.9 Å². The van der Waals surface area contributed by atoms with Crippen molar-refractivity contribution in [2.45, 2.75) is 111 Å². The second-order valence-corrected chi connectivity index (χ2v) is 21.5. The second kappa shape index (κ2) is 30.1. The van der Waals surface area contributed by atoms with Crippen LogP contribution in [0.25, 0.3) is 0 Å². The summed E-state index contributed by atoms with van der Waals surface area (Å²) in [5, 5.41) is 53.2. The first kappa shape index (κ1) is 63.0. The van der Waals surface area contributed by atoms with Crippen LogP contribution in [-0.4, -0.2) is 157 Å². The Morgan fingerprint density at radius 3 is 1.76 bits per heavy atom. The van der Waals surface area contributed by atoms with Crippen LogP contribution in [-0.2, 0) is 79.4 Å². The van der Waals surface area contributed by atoms with Crippen LogP contribution in [0, 0.1) is 16.2 Å². The highest BCUT2D eigenvalue weighted by Gasteiger charge is 2.54. The number of methoxy groups -OCH3 is 2. The fraction of sp³-hybridized carbons (Fsp3) is 0.576. The number of amides is 2. The number of aliphatic hydroxyl groups is 1. The molecule has 7 rings (SSSR count). The number of benzene rings is 3. The van der Waals surface area contributed by atoms with Gasteiger partial charge < -0.3 is 68.6 Å². The van der Waals surface area contributed by atoms with Gasteiger partial charge in [0.1, 0.15) is 34.4 Å². The number of nitrogens with one attached hydrogen (secondary N) is 2. The van der Waals surface area contributed by atoms with E-state index in [-0.39, 0.29) is 72.7 Å². The third-order valence-electron chi connectivity index (χ3n) is 15.6. The maximum absolute atomic E-state index is 13.5. The van der Waals surface area contributed by atoms with Crippen molar-refractivity contribution in [3.63, 3.8) is 0 Å². The largest absolute Gasteiger partial charge is 0.508 e. The number of phenolic OH excluding ortho intramolecular Hbond substituents is 2. The van der Waals surface area contributed by atoms with Gasteiger partial charge in [-0.1, -0.05) is 50.6 Å². The summed E-state index contributed by atoms with van der Waals surface area (Å²) in [4.78, 5) is 39.2. The van der Waals surface area contributed by atoms with E-state index in [2.05, 4.69) is 59.0 Å². The molecule has 4 heterocycles. The molecular weight excluding hydrogens is 1060 g/mol. The second-order valence-electron chi connectivity index (χ2n) is 21.5. The minimum Gasteiger partial charge on any atom is -0.508 e. The molecule has 5 aromatic rings. The summed E-state index contributed by atoms with van der Waals surface area (Å²) >= 11 is 0. The topological polar surface area (TPSA) is 280 Å². The number of aromatic hydroxyl groups is 2. The van der Waals surface area contributed by atoms with Gasteiger partial charge in [-0.3, -0.25) is 14.3 Å². The van der Waals surface area contributed by atoms with Crippen molar-refractivity contribution in [2.24, 2.45) is 16.2 Å². The average Bonchev–Trinajstić information content (AvgIpc) is 1.72. The van der Waals surface area contributed by atoms with Gasteiger partial charge in [0.2, 0.25) is 11.8 Å². The molecule has 2 aliphatic heterocycles. The van der Waals surface area contributed by atoms with Crippen LogP contribution in [0.5, 0.6) is 23.0 Å². The van der Waals surface area contributed by atoms with Crippen molar-refractivity contribution in [2.75, 3.05) is 98.8 Å². The number of rotatable bonds is 38. The number of hydrogen-bond acceptors (Lipinski definition) is 19. The fourth-order valence-corrected chi connectivity index (χ4v) is 10.0. The molecule has 23 nitrogen and oxygen atoms in total. The van der Waals surface area contributed by atoms with Crippen molar-refractivity contribution in [1.29, 1.82) is 0 Å². The molecule has 0 aliphatic carbocycles. The minimum atomic E-state index is -1.43. The first-order valence-corrected chi connectivity index (χ1v) is 28.2. The van der Waals surface area contributed by atoms with E-state index >= 15 is 0 Å². The van der Waals surface area contributed by atoms with Crippen molar-refractivity contribution in [3.05, 3.63) is 101 Å². The summed E-state index contributed by atoms with van der Waals surface area (Å²) in [6, 6.07) is 13.9. The number of hydrogen-bond donors (Lipinski definition) is 5. The highest BCUT2D eigenvalue weighted by Crippen LogP contribution is 2.57. The fourth-order valence-electron chi connectivity index (χ4n) is 10.0. The third kappa shape index (κ3) is 16.2. The van der Waals surface area contributed by atoms with E-state index in [0.717, 1.165) is 32.1 Å². The molecule has 0 saturated carbocycles. The Morgan fingerprint density at radius 2 is 1.18 bits per heavy atom. The molecule has 23 heteroatoms. The molecule has 1 spiro atoms. The molecule has 82 heavy (non-hydrogen) atoms. The van der Waals surface area contributed by atoms with Gasteiger partial charge in [0.05, 0.1) is 117 Å². The van der Waals surface area contributed by atoms with Crippen LogP contribution in [0.15, 0.2) is 67.0 Å². The lowest BCUT2D eigenvalue weighted by Gasteiger charge is -2.37. The summed E-state index contributed by atoms with van der Waals surface area (Å²) in [5.74, 6) is -0.975. The lowest BCUT2D eigenvalue weighted by molar-refractivity contribution is -0.124. The van der Waals surface area contributed by atoms with Gasteiger partial charge in [-0.15, -0.1) is 10.2 Å². The SMILES string of the molecule is CCC(CC)(CO)COCC(CC)(COCc1cn(CCOCCOC)nn1)COCC(CC)(COC)COCc1cn(CCCCCC(=O)NCC(=O)Nc2ccc3c(c2)C(=O)OC32c3ccc(O)cc3Oc3cc(O)ccc32)nn1. The molecule has 0 bridgehead atoms. The standard InChI is InChI=1S/C59H82N8O15/c1-7-56(8-2,34-68)36-79-40-58(10-4,38-78-33-44-31-67(65-63-44)22-23-76-25-24-74-5)41-80-39-57(9-3,35-75-6)37-77-32-43-30-66(64-62-43)21-13-11-12-14-53(71)60-29-54(72)61-42-15-18-48-47(26-42)55(73)82-59(48)49-19-16-45(69)27-51(49)81-52-28-46(70)17-20-50(52)59/h15-20,26-28,30-31,68-70H,7-14,21-25,29,32-41H2,1-6H3,(H,60,71)(H,61,72). The Bertz CT molecular complexity index is 2800. The van der Waals surface area contributed by atoms with Gasteiger partial charge >= 0.3 is 5.97 Å². The lowest BCUT2D eigenvalue weighted by Crippen LogP contribution is -2.42. The summed E-state index contributed by atoms with van der Waals surface area (Å²) in [6.45, 7) is 13.9. The molecule has 2 aliphatic rings. The Kier molecular flexibility index (Phi) is 23.1. The highest BCUT2D eigenvalue weighted by molar-refractivity contribution is 6.00. The van der Waals surface area contributed by atoms with Crippen molar-refractivity contribution in [3.8, 4) is 23.0 Å². The van der Waals surface area contributed by atoms with Gasteiger partial charge in [0.15, 0.2) is 5.60 Å². The quantitative estimate of drug-likeness (QED) is 0.0200. The molecule has 3 aromatic carbocycles. The Morgan fingerprint density at radius 1 is 0.622 bits per heavy atom. The maximum Gasteiger partial charge on any atom is 0.340 e. The number of phenols is 2. The van der Waals surface area contributed by atoms with E-state index in [4.69, 9.17) is 42.6 Å². The number of fused-ring (bicyclic) bond motifs is 6. The van der Waals surface area contributed by atoms with Crippen LogP contribution in [0.4, 0.5) is 5.69 Å². The number of ether oxygens (including phenoxy) is 9. The predicted octanol–water partition coefficient (Wildman–Crippen LogP) is 6.83. The number of anilines is 1. The zero-order chi connectivity index (χ0) is 58.6. The maximum atomic E-state index is 13.5. The summed E-state index contributed by atoms with van der Waals surface area (Å²) in [5.41, 5.74) is 0.686. The predicted molar refractivity (Wildman–Crippen MR) is 299 cm³/mol. The van der Waals surface area contributed by atoms with Crippen LogP contribution >= 0.6 is 0 Å². The Labute approximate surface area is 479 Å². The number of nitrogens with zero attached hydrogens (tertiary/aromatic N) is 6. The molecule has 2 unspecified atom stereocenters. The molecule has 448 valence electrons. The molecular formula is C59H82N8O15.